The summed E-state index contributed by atoms with van der Waals surface area (Å²) in [7, 11) is 1.26. The molecule has 0 rings (SSSR count). The number of aliphatic hydroxyl groups is 1. The number of unbranched alkanes of at least 4 members (excludes halogenated alkanes) is 64. The number of allylic oxidation sites excluding steroid dienone is 5. The standard InChI is InChI=1S/C86H169N2O6P/c1-6-8-10-12-14-16-18-20-22-24-26-28-30-32-34-36-38-40-41-42-43-44-45-46-47-48-50-52-54-56-58-60-62-64-66-68-70-72-74-76-78-80-86(90)87-84(83-94-95(91,92)93-82-81-88(3,4)5)85(89)79-77-75-73-71-69-67-65-63-61-59-57-55-53-51-49-39-37-35-33-31-29-27-25-23-21-19-17-15-13-11-9-7-2/h61,63,69,71,77,79,84-85,89H,6-60,62,64-68,70,72-76,78,80-83H2,1-5H3,(H-,87,90,91,92)/b63-61+,71-69+,79-77+. The average Bonchev–Trinajstić information content (AvgIpc) is 2.44. The zero-order valence-corrected chi connectivity index (χ0v) is 65.8. The van der Waals surface area contributed by atoms with Crippen LogP contribution in [-0.4, -0.2) is 68.5 Å². The highest BCUT2D eigenvalue weighted by Crippen LogP contribution is 2.38. The predicted molar refractivity (Wildman–Crippen MR) is 418 cm³/mol. The first-order chi connectivity index (χ1) is 46.5. The molecule has 0 heterocycles. The molecule has 2 N–H and O–H groups in total. The average molecular weight is 1360 g/mol. The lowest BCUT2D eigenvalue weighted by Crippen LogP contribution is -2.45. The zero-order valence-electron chi connectivity index (χ0n) is 64.9. The molecule has 95 heavy (non-hydrogen) atoms. The predicted octanol–water partition coefficient (Wildman–Crippen LogP) is 27.7. The van der Waals surface area contributed by atoms with Crippen LogP contribution < -0.4 is 10.2 Å². The van der Waals surface area contributed by atoms with E-state index >= 15 is 0 Å². The number of hydrogen-bond donors (Lipinski definition) is 2. The van der Waals surface area contributed by atoms with Crippen molar-refractivity contribution < 1.29 is 32.9 Å². The summed E-state index contributed by atoms with van der Waals surface area (Å²) in [6.45, 7) is 4.70. The maximum Gasteiger partial charge on any atom is 0.268 e. The second-order valence-corrected chi connectivity index (χ2v) is 32.3. The van der Waals surface area contributed by atoms with Gasteiger partial charge < -0.3 is 28.8 Å². The lowest BCUT2D eigenvalue weighted by Gasteiger charge is -2.29. The fraction of sp³-hybridized carbons (Fsp3) is 0.919. The van der Waals surface area contributed by atoms with Crippen LogP contribution in [0.15, 0.2) is 36.5 Å². The van der Waals surface area contributed by atoms with E-state index in [1.54, 1.807) is 6.08 Å². The van der Waals surface area contributed by atoms with Crippen molar-refractivity contribution in [3.05, 3.63) is 36.5 Å². The Morgan fingerprint density at radius 1 is 0.358 bits per heavy atom. The molecule has 0 aliphatic rings. The van der Waals surface area contributed by atoms with Crippen LogP contribution >= 0.6 is 7.82 Å². The van der Waals surface area contributed by atoms with Crippen LogP contribution in [0, 0.1) is 0 Å². The SMILES string of the molecule is CCCCCCCCCCCCCCCCCCCCCCCC/C=C/CC/C=C/CC/C=C/C(O)C(COP(=O)([O-])OCC[N+](C)(C)C)NC(=O)CCCCCCCCCCCCCCCCCCCCCCCCCCCCCCCCCCCCCCCCCCC. The van der Waals surface area contributed by atoms with Crippen molar-refractivity contribution in [1.29, 1.82) is 0 Å². The van der Waals surface area contributed by atoms with E-state index in [2.05, 4.69) is 43.5 Å². The molecule has 8 nitrogen and oxygen atoms in total. The monoisotopic (exact) mass is 1360 g/mol. The smallest absolute Gasteiger partial charge is 0.268 e. The minimum absolute atomic E-state index is 0.00687. The molecule has 0 aliphatic carbocycles. The van der Waals surface area contributed by atoms with Gasteiger partial charge in [0.15, 0.2) is 0 Å². The lowest BCUT2D eigenvalue weighted by atomic mass is 10.0. The van der Waals surface area contributed by atoms with Gasteiger partial charge in [0.1, 0.15) is 13.2 Å². The van der Waals surface area contributed by atoms with Gasteiger partial charge in [-0.05, 0) is 44.9 Å². The van der Waals surface area contributed by atoms with Crippen LogP contribution in [0.1, 0.15) is 457 Å². The van der Waals surface area contributed by atoms with Crippen molar-refractivity contribution in [2.75, 3.05) is 40.9 Å². The highest BCUT2D eigenvalue weighted by atomic mass is 31.2. The molecule has 9 heteroatoms. The number of aliphatic hydroxyl groups excluding tert-OH is 1. The van der Waals surface area contributed by atoms with Crippen LogP contribution in [0.5, 0.6) is 0 Å². The van der Waals surface area contributed by atoms with E-state index < -0.39 is 26.6 Å². The molecule has 564 valence electrons. The number of phosphoric acid groups is 1. The Balaban J connectivity index is 3.92. The maximum atomic E-state index is 13.1. The molecule has 0 aromatic rings. The van der Waals surface area contributed by atoms with Crippen LogP contribution in [0.3, 0.4) is 0 Å². The van der Waals surface area contributed by atoms with Gasteiger partial charge in [0.05, 0.1) is 39.9 Å². The van der Waals surface area contributed by atoms with Gasteiger partial charge in [0.2, 0.25) is 5.91 Å². The van der Waals surface area contributed by atoms with Gasteiger partial charge in [-0.25, -0.2) is 0 Å². The zero-order chi connectivity index (χ0) is 69.0. The number of carbonyl (C=O) groups is 1. The minimum Gasteiger partial charge on any atom is -0.756 e. The van der Waals surface area contributed by atoms with Gasteiger partial charge in [-0.15, -0.1) is 0 Å². The molecule has 0 bridgehead atoms. The number of carbonyl (C=O) groups excluding carboxylic acids is 1. The van der Waals surface area contributed by atoms with E-state index in [0.29, 0.717) is 17.4 Å². The molecular formula is C86H169N2O6P. The summed E-state index contributed by atoms with van der Waals surface area (Å²) in [4.78, 5) is 25.7. The Hall–Kier alpha value is -1.28. The van der Waals surface area contributed by atoms with Gasteiger partial charge in [0.25, 0.3) is 7.82 Å². The van der Waals surface area contributed by atoms with Gasteiger partial charge in [-0.3, -0.25) is 9.36 Å². The van der Waals surface area contributed by atoms with Crippen molar-refractivity contribution in [1.82, 2.24) is 5.32 Å². The fourth-order valence-electron chi connectivity index (χ4n) is 13.5. The van der Waals surface area contributed by atoms with Gasteiger partial charge in [-0.1, -0.05) is 442 Å². The molecule has 1 amide bonds. The van der Waals surface area contributed by atoms with Crippen molar-refractivity contribution >= 4 is 13.7 Å². The molecule has 0 saturated heterocycles. The van der Waals surface area contributed by atoms with Gasteiger partial charge in [-0.2, -0.15) is 0 Å². The quantitative estimate of drug-likeness (QED) is 0.0272. The largest absolute Gasteiger partial charge is 0.756 e. The molecular weight excluding hydrogens is 1190 g/mol. The highest BCUT2D eigenvalue weighted by molar-refractivity contribution is 7.45. The van der Waals surface area contributed by atoms with E-state index in [1.165, 1.54) is 392 Å². The first-order valence-corrected chi connectivity index (χ1v) is 44.3. The molecule has 0 fully saturated rings. The van der Waals surface area contributed by atoms with Gasteiger partial charge in [0, 0.05) is 6.42 Å². The summed E-state index contributed by atoms with van der Waals surface area (Å²) in [5, 5.41) is 14.0. The van der Waals surface area contributed by atoms with Crippen LogP contribution in [0.4, 0.5) is 0 Å². The van der Waals surface area contributed by atoms with Crippen molar-refractivity contribution in [3.63, 3.8) is 0 Å². The summed E-state index contributed by atoms with van der Waals surface area (Å²) >= 11 is 0. The normalized spacial score (nSPS) is 13.5. The maximum absolute atomic E-state index is 13.1. The third-order valence-corrected chi connectivity index (χ3v) is 21.0. The van der Waals surface area contributed by atoms with E-state index in [-0.39, 0.29) is 12.5 Å². The Bertz CT molecular complexity index is 1650. The Kier molecular flexibility index (Phi) is 75.9. The van der Waals surface area contributed by atoms with Crippen molar-refractivity contribution in [2.24, 2.45) is 0 Å². The first kappa shape index (κ1) is 93.7. The van der Waals surface area contributed by atoms with E-state index in [4.69, 9.17) is 9.05 Å². The molecule has 0 radical (unpaired) electrons. The highest BCUT2D eigenvalue weighted by Gasteiger charge is 2.23. The number of nitrogens with one attached hydrogen (secondary N) is 1. The molecule has 3 atom stereocenters. The summed E-state index contributed by atoms with van der Waals surface area (Å²) in [5.41, 5.74) is 0. The number of quaternary nitrogens is 1. The summed E-state index contributed by atoms with van der Waals surface area (Å²) in [6.07, 6.45) is 105. The second-order valence-electron chi connectivity index (χ2n) is 30.9. The number of amides is 1. The number of phosphoric ester groups is 1. The summed E-state index contributed by atoms with van der Waals surface area (Å²) in [6, 6.07) is -0.911. The number of nitrogens with zero attached hydrogens (tertiary/aromatic N) is 1. The Labute approximate surface area is 595 Å². The van der Waals surface area contributed by atoms with Crippen LogP contribution in [-0.2, 0) is 18.4 Å². The molecule has 0 aromatic heterocycles. The summed E-state index contributed by atoms with van der Waals surface area (Å²) in [5.74, 6) is -0.201. The van der Waals surface area contributed by atoms with E-state index in [0.717, 1.165) is 44.9 Å². The molecule has 3 unspecified atom stereocenters. The molecule has 0 saturated carbocycles. The van der Waals surface area contributed by atoms with Crippen LogP contribution in [0.2, 0.25) is 0 Å². The number of rotatable bonds is 81. The molecule has 0 spiro atoms. The number of hydrogen-bond acceptors (Lipinski definition) is 6. The number of likely N-dealkylation sites (N-methyl/N-ethyl adjacent to an activating group) is 1. The molecule has 0 aromatic carbocycles. The fourth-order valence-corrected chi connectivity index (χ4v) is 14.2. The first-order valence-electron chi connectivity index (χ1n) is 42.9. The molecule has 0 aliphatic heterocycles. The third-order valence-electron chi connectivity index (χ3n) is 20.1. The van der Waals surface area contributed by atoms with E-state index in [1.807, 2.05) is 27.2 Å². The Morgan fingerprint density at radius 3 is 0.853 bits per heavy atom. The minimum atomic E-state index is -4.62. The van der Waals surface area contributed by atoms with Crippen molar-refractivity contribution in [2.45, 2.75) is 469 Å². The lowest BCUT2D eigenvalue weighted by molar-refractivity contribution is -0.870. The van der Waals surface area contributed by atoms with Gasteiger partial charge >= 0.3 is 0 Å². The van der Waals surface area contributed by atoms with E-state index in [9.17, 15) is 19.4 Å². The topological polar surface area (TPSA) is 108 Å². The van der Waals surface area contributed by atoms with Crippen LogP contribution in [0.25, 0.3) is 0 Å². The second kappa shape index (κ2) is 76.9. The van der Waals surface area contributed by atoms with Crippen molar-refractivity contribution in [3.8, 4) is 0 Å². The summed E-state index contributed by atoms with van der Waals surface area (Å²) < 4.78 is 23.5. The third kappa shape index (κ3) is 79.9. The Morgan fingerprint density at radius 2 is 0.589 bits per heavy atom.